The van der Waals surface area contributed by atoms with Gasteiger partial charge in [-0.1, -0.05) is 19.3 Å². The molecule has 2 N–H and O–H groups in total. The second-order valence-corrected chi connectivity index (χ2v) is 6.41. The van der Waals surface area contributed by atoms with Gasteiger partial charge in [-0.15, -0.1) is 0 Å². The first-order valence-corrected chi connectivity index (χ1v) is 7.92. The van der Waals surface area contributed by atoms with Crippen LogP contribution in [-0.4, -0.2) is 30.5 Å². The molecular weight excluding hydrogens is 258 g/mol. The molecule has 102 valence electrons. The Morgan fingerprint density at radius 3 is 2.89 bits per heavy atom. The molecule has 0 unspecified atom stereocenters. The molecule has 0 spiro atoms. The quantitative estimate of drug-likeness (QED) is 0.929. The minimum absolute atomic E-state index is 0.462. The lowest BCUT2D eigenvalue weighted by Crippen LogP contribution is -2.10. The van der Waals surface area contributed by atoms with Gasteiger partial charge in [0, 0.05) is 17.5 Å². The largest absolute Gasteiger partial charge is 0.382 e. The number of thioether (sulfide) groups is 1. The van der Waals surface area contributed by atoms with E-state index in [0.29, 0.717) is 11.3 Å². The van der Waals surface area contributed by atoms with E-state index in [1.165, 1.54) is 38.4 Å². The molecule has 0 aromatic carbocycles. The summed E-state index contributed by atoms with van der Waals surface area (Å²) in [5.41, 5.74) is 7.34. The zero-order valence-corrected chi connectivity index (χ0v) is 11.8. The minimum atomic E-state index is 0.462. The van der Waals surface area contributed by atoms with E-state index in [1.807, 2.05) is 6.33 Å². The number of anilines is 1. The Labute approximate surface area is 117 Å². The van der Waals surface area contributed by atoms with Gasteiger partial charge in [0.15, 0.2) is 11.5 Å². The summed E-state index contributed by atoms with van der Waals surface area (Å²) in [6.07, 6.45) is 10.3. The van der Waals surface area contributed by atoms with Crippen LogP contribution in [0.15, 0.2) is 12.7 Å². The molecule has 0 saturated heterocycles. The van der Waals surface area contributed by atoms with E-state index < -0.39 is 0 Å². The van der Waals surface area contributed by atoms with Crippen LogP contribution in [0.4, 0.5) is 5.82 Å². The van der Waals surface area contributed by atoms with Crippen LogP contribution in [0.5, 0.6) is 0 Å². The Hall–Kier alpha value is -1.30. The maximum Gasteiger partial charge on any atom is 0.165 e. The molecule has 0 radical (unpaired) electrons. The lowest BCUT2D eigenvalue weighted by Gasteiger charge is -2.20. The Morgan fingerprint density at radius 2 is 2.05 bits per heavy atom. The highest BCUT2D eigenvalue weighted by Crippen LogP contribution is 2.28. The van der Waals surface area contributed by atoms with Crippen molar-refractivity contribution in [2.75, 3.05) is 11.5 Å². The summed E-state index contributed by atoms with van der Waals surface area (Å²) in [6.45, 7) is 0.939. The van der Waals surface area contributed by atoms with Crippen molar-refractivity contribution in [1.82, 2.24) is 19.5 Å². The highest BCUT2D eigenvalue weighted by atomic mass is 32.2. The number of fused-ring (bicyclic) bond motifs is 1. The molecule has 1 saturated carbocycles. The van der Waals surface area contributed by atoms with Crippen LogP contribution in [0.25, 0.3) is 11.2 Å². The van der Waals surface area contributed by atoms with Crippen molar-refractivity contribution in [1.29, 1.82) is 0 Å². The monoisotopic (exact) mass is 277 g/mol. The zero-order valence-electron chi connectivity index (χ0n) is 11.0. The fourth-order valence-electron chi connectivity index (χ4n) is 2.61. The summed E-state index contributed by atoms with van der Waals surface area (Å²) < 4.78 is 2.07. The first kappa shape index (κ1) is 12.7. The van der Waals surface area contributed by atoms with Gasteiger partial charge in [-0.25, -0.2) is 15.0 Å². The number of hydrogen-bond donors (Lipinski definition) is 1. The second kappa shape index (κ2) is 5.77. The Morgan fingerprint density at radius 1 is 1.21 bits per heavy atom. The molecule has 1 aliphatic carbocycles. The van der Waals surface area contributed by atoms with E-state index in [0.717, 1.165) is 23.2 Å². The van der Waals surface area contributed by atoms with Crippen molar-refractivity contribution in [3.05, 3.63) is 12.7 Å². The Kier molecular flexibility index (Phi) is 3.87. The fourth-order valence-corrected chi connectivity index (χ4v) is 3.91. The van der Waals surface area contributed by atoms with Gasteiger partial charge in [-0.05, 0) is 12.8 Å². The van der Waals surface area contributed by atoms with Crippen LogP contribution in [0.3, 0.4) is 0 Å². The lowest BCUT2D eigenvalue weighted by atomic mass is 10.0. The number of imidazole rings is 1. The first-order valence-electron chi connectivity index (χ1n) is 6.87. The number of aromatic nitrogens is 4. The van der Waals surface area contributed by atoms with Gasteiger partial charge >= 0.3 is 0 Å². The smallest absolute Gasteiger partial charge is 0.165 e. The molecular formula is C13H19N5S. The molecule has 19 heavy (non-hydrogen) atoms. The third-order valence-electron chi connectivity index (χ3n) is 3.67. The molecule has 3 rings (SSSR count). The summed E-state index contributed by atoms with van der Waals surface area (Å²) >= 11 is 2.09. The van der Waals surface area contributed by atoms with Crippen molar-refractivity contribution < 1.29 is 0 Å². The van der Waals surface area contributed by atoms with Crippen molar-refractivity contribution in [3.8, 4) is 0 Å². The zero-order chi connectivity index (χ0) is 13.1. The number of nitrogens with two attached hydrogens (primary N) is 1. The summed E-state index contributed by atoms with van der Waals surface area (Å²) in [5.74, 6) is 1.57. The molecule has 2 heterocycles. The Balaban J connectivity index is 1.60. The fraction of sp³-hybridized carbons (Fsp3) is 0.615. The van der Waals surface area contributed by atoms with Gasteiger partial charge in [0.05, 0.1) is 6.33 Å². The van der Waals surface area contributed by atoms with Gasteiger partial charge in [0.1, 0.15) is 11.8 Å². The summed E-state index contributed by atoms with van der Waals surface area (Å²) in [5, 5.41) is 0.850. The maximum absolute atomic E-state index is 5.78. The van der Waals surface area contributed by atoms with Crippen molar-refractivity contribution >= 4 is 28.7 Å². The third-order valence-corrected chi connectivity index (χ3v) is 5.03. The van der Waals surface area contributed by atoms with E-state index in [1.54, 1.807) is 0 Å². The number of rotatable bonds is 4. The van der Waals surface area contributed by atoms with Crippen LogP contribution in [0.2, 0.25) is 0 Å². The van der Waals surface area contributed by atoms with Gasteiger partial charge in [0.25, 0.3) is 0 Å². The molecule has 0 atom stereocenters. The topological polar surface area (TPSA) is 69.6 Å². The normalized spacial score (nSPS) is 17.1. The molecule has 0 bridgehead atoms. The Bertz CT molecular complexity index is 547. The van der Waals surface area contributed by atoms with Crippen molar-refractivity contribution in [2.45, 2.75) is 43.9 Å². The van der Waals surface area contributed by atoms with E-state index >= 15 is 0 Å². The van der Waals surface area contributed by atoms with Crippen LogP contribution in [-0.2, 0) is 6.54 Å². The van der Waals surface area contributed by atoms with E-state index in [9.17, 15) is 0 Å². The minimum Gasteiger partial charge on any atom is -0.382 e. The molecule has 2 aromatic rings. The van der Waals surface area contributed by atoms with E-state index in [2.05, 4.69) is 31.3 Å². The molecule has 6 heteroatoms. The number of nitrogens with zero attached hydrogens (tertiary/aromatic N) is 4. The number of hydrogen-bond acceptors (Lipinski definition) is 5. The predicted molar refractivity (Wildman–Crippen MR) is 79.1 cm³/mol. The van der Waals surface area contributed by atoms with Crippen LogP contribution in [0.1, 0.15) is 32.1 Å². The molecule has 0 aliphatic heterocycles. The lowest BCUT2D eigenvalue weighted by molar-refractivity contribution is 0.515. The van der Waals surface area contributed by atoms with Gasteiger partial charge in [0.2, 0.25) is 0 Å². The van der Waals surface area contributed by atoms with E-state index in [4.69, 9.17) is 5.73 Å². The molecule has 1 fully saturated rings. The molecule has 2 aromatic heterocycles. The molecule has 5 nitrogen and oxygen atoms in total. The van der Waals surface area contributed by atoms with Gasteiger partial charge in [-0.3, -0.25) is 0 Å². The van der Waals surface area contributed by atoms with Crippen LogP contribution < -0.4 is 5.73 Å². The summed E-state index contributed by atoms with van der Waals surface area (Å²) in [7, 11) is 0. The predicted octanol–water partition coefficient (Wildman–Crippen LogP) is 2.47. The summed E-state index contributed by atoms with van der Waals surface area (Å²) in [6, 6.07) is 0. The third kappa shape index (κ3) is 2.83. The average molecular weight is 277 g/mol. The van der Waals surface area contributed by atoms with Crippen LogP contribution >= 0.6 is 11.8 Å². The van der Waals surface area contributed by atoms with Crippen LogP contribution in [0, 0.1) is 0 Å². The standard InChI is InChI=1S/C13H19N5S/c14-12-11-13(16-8-15-12)18(9-17-11)6-7-19-10-4-2-1-3-5-10/h8-10H,1-7H2,(H2,14,15,16). The highest BCUT2D eigenvalue weighted by molar-refractivity contribution is 7.99. The maximum atomic E-state index is 5.78. The van der Waals surface area contributed by atoms with Gasteiger partial charge in [-0.2, -0.15) is 11.8 Å². The summed E-state index contributed by atoms with van der Waals surface area (Å²) in [4.78, 5) is 12.5. The number of aryl methyl sites for hydroxylation is 1. The molecule has 0 amide bonds. The van der Waals surface area contributed by atoms with E-state index in [-0.39, 0.29) is 0 Å². The first-order chi connectivity index (χ1) is 9.34. The highest BCUT2D eigenvalue weighted by Gasteiger charge is 2.14. The van der Waals surface area contributed by atoms with Crippen molar-refractivity contribution in [2.24, 2.45) is 0 Å². The van der Waals surface area contributed by atoms with Crippen molar-refractivity contribution in [3.63, 3.8) is 0 Å². The number of nitrogen functional groups attached to an aromatic ring is 1. The average Bonchev–Trinajstić information content (AvgIpc) is 2.85. The molecule has 1 aliphatic rings. The second-order valence-electron chi connectivity index (χ2n) is 5.00. The SMILES string of the molecule is Nc1ncnc2c1ncn2CCSC1CCCCC1. The van der Waals surface area contributed by atoms with Gasteiger partial charge < -0.3 is 10.3 Å².